The van der Waals surface area contributed by atoms with Gasteiger partial charge in [-0.25, -0.2) is 0 Å². The molecule has 0 aromatic heterocycles. The highest BCUT2D eigenvalue weighted by Gasteiger charge is 2.36. The number of allylic oxidation sites excluding steroid dienone is 3. The van der Waals surface area contributed by atoms with Gasteiger partial charge in [0.25, 0.3) is 0 Å². The summed E-state index contributed by atoms with van der Waals surface area (Å²) in [7, 11) is -2.93. The van der Waals surface area contributed by atoms with Crippen molar-refractivity contribution < 1.29 is 0 Å². The average Bonchev–Trinajstić information content (AvgIpc) is 3.24. The summed E-state index contributed by atoms with van der Waals surface area (Å²) >= 11 is 0. The van der Waals surface area contributed by atoms with E-state index in [9.17, 15) is 0 Å². The van der Waals surface area contributed by atoms with E-state index in [-0.39, 0.29) is 0 Å². The smallest absolute Gasteiger partial charge is 0.204 e. The molecule has 152 valence electrons. The molecule has 0 heterocycles. The lowest BCUT2D eigenvalue weighted by Crippen LogP contribution is -2.60. The molecule has 1 nitrogen and oxygen atoms in total. The fourth-order valence-electron chi connectivity index (χ4n) is 5.15. The molecule has 2 aromatic rings. The van der Waals surface area contributed by atoms with Gasteiger partial charge in [0.1, 0.15) is 0 Å². The van der Waals surface area contributed by atoms with Crippen LogP contribution >= 0.6 is 0 Å². The lowest BCUT2D eigenvalue weighted by Gasteiger charge is -2.44. The Morgan fingerprint density at radius 2 is 1.34 bits per heavy atom. The van der Waals surface area contributed by atoms with Crippen LogP contribution in [0.3, 0.4) is 0 Å². The fraction of sp³-hybridized carbons (Fsp3) is 0.385. The highest BCUT2D eigenvalue weighted by Crippen LogP contribution is 2.35. The summed E-state index contributed by atoms with van der Waals surface area (Å²) in [4.78, 5) is 0. The summed E-state index contributed by atoms with van der Waals surface area (Å²) in [6.07, 6.45) is 12.9. The fourth-order valence-corrected chi connectivity index (χ4v) is 10.5. The van der Waals surface area contributed by atoms with E-state index in [1.807, 2.05) is 0 Å². The summed E-state index contributed by atoms with van der Waals surface area (Å²) in [5.74, 6) is 0. The first-order valence-corrected chi connectivity index (χ1v) is 16.5. The predicted octanol–water partition coefficient (Wildman–Crippen LogP) is 5.25. The molecule has 0 unspecified atom stereocenters. The summed E-state index contributed by atoms with van der Waals surface area (Å²) in [6.45, 7) is 7.54. The normalized spacial score (nSPS) is 17.9. The van der Waals surface area contributed by atoms with Crippen molar-refractivity contribution in [1.82, 2.24) is 4.57 Å². The van der Waals surface area contributed by atoms with Gasteiger partial charge >= 0.3 is 0 Å². The van der Waals surface area contributed by atoms with Crippen LogP contribution < -0.4 is 10.4 Å². The lowest BCUT2D eigenvalue weighted by atomic mass is 9.95. The van der Waals surface area contributed by atoms with E-state index in [0.29, 0.717) is 6.04 Å². The third-order valence-electron chi connectivity index (χ3n) is 6.50. The molecule has 0 bridgehead atoms. The van der Waals surface area contributed by atoms with Gasteiger partial charge in [-0.05, 0) is 28.4 Å². The van der Waals surface area contributed by atoms with Gasteiger partial charge in [0, 0.05) is 18.2 Å². The van der Waals surface area contributed by atoms with E-state index in [2.05, 4.69) is 97.0 Å². The first-order valence-electron chi connectivity index (χ1n) is 11.3. The van der Waals surface area contributed by atoms with Gasteiger partial charge in [-0.1, -0.05) is 112 Å². The molecule has 0 atom stereocenters. The summed E-state index contributed by atoms with van der Waals surface area (Å²) in [5, 5.41) is 4.80. The molecule has 29 heavy (non-hydrogen) atoms. The van der Waals surface area contributed by atoms with Gasteiger partial charge in [-0.3, -0.25) is 0 Å². The molecule has 0 aliphatic heterocycles. The van der Waals surface area contributed by atoms with Crippen LogP contribution in [0, 0.1) is 0 Å². The first kappa shape index (κ1) is 20.4. The van der Waals surface area contributed by atoms with Gasteiger partial charge in [0.05, 0.1) is 8.07 Å². The SMILES string of the molecule is C[Si](C)(C)C1=C(N(C2CCCCC2)[SiH](c2ccccc2)c2ccccc2)CC=C1. The molecule has 0 amide bonds. The van der Waals surface area contributed by atoms with Gasteiger partial charge in [0.2, 0.25) is 8.96 Å². The Balaban J connectivity index is 1.88. The van der Waals surface area contributed by atoms with Crippen molar-refractivity contribution in [3.63, 3.8) is 0 Å². The van der Waals surface area contributed by atoms with Crippen molar-refractivity contribution in [2.24, 2.45) is 0 Å². The van der Waals surface area contributed by atoms with Crippen LogP contribution in [0.2, 0.25) is 19.6 Å². The quantitative estimate of drug-likeness (QED) is 0.580. The number of nitrogens with zero attached hydrogens (tertiary/aromatic N) is 1. The third kappa shape index (κ3) is 4.51. The van der Waals surface area contributed by atoms with Crippen LogP contribution in [0.4, 0.5) is 0 Å². The Morgan fingerprint density at radius 3 is 1.86 bits per heavy atom. The Kier molecular flexibility index (Phi) is 6.26. The van der Waals surface area contributed by atoms with E-state index >= 15 is 0 Å². The zero-order valence-electron chi connectivity index (χ0n) is 18.3. The highest BCUT2D eigenvalue weighted by molar-refractivity contribution is 6.85. The van der Waals surface area contributed by atoms with Crippen LogP contribution in [0.15, 0.2) is 83.7 Å². The summed E-state index contributed by atoms with van der Waals surface area (Å²) in [6, 6.07) is 23.5. The Bertz CT molecular complexity index is 819. The summed E-state index contributed by atoms with van der Waals surface area (Å²) < 4.78 is 3.00. The van der Waals surface area contributed by atoms with Crippen LogP contribution in [0.1, 0.15) is 38.5 Å². The highest BCUT2D eigenvalue weighted by atomic mass is 28.3. The van der Waals surface area contributed by atoms with Crippen LogP contribution in [-0.2, 0) is 0 Å². The number of rotatable bonds is 6. The zero-order chi connectivity index (χ0) is 20.3. The average molecular weight is 418 g/mol. The van der Waals surface area contributed by atoms with Gasteiger partial charge in [-0.2, -0.15) is 0 Å². The molecule has 3 heteroatoms. The molecular formula is C26H35NSi2. The van der Waals surface area contributed by atoms with Crippen molar-refractivity contribution in [2.45, 2.75) is 64.2 Å². The number of hydrogen-bond donors (Lipinski definition) is 0. The first-order chi connectivity index (χ1) is 14.1. The molecule has 1 saturated carbocycles. The molecule has 2 aromatic carbocycles. The second kappa shape index (κ2) is 8.89. The van der Waals surface area contributed by atoms with E-state index < -0.39 is 17.0 Å². The van der Waals surface area contributed by atoms with Gasteiger partial charge in [-0.15, -0.1) is 0 Å². The topological polar surface area (TPSA) is 3.24 Å². The second-order valence-corrected chi connectivity index (χ2v) is 17.4. The Labute approximate surface area is 179 Å². The van der Waals surface area contributed by atoms with Gasteiger partial charge < -0.3 is 4.57 Å². The van der Waals surface area contributed by atoms with Crippen molar-refractivity contribution in [3.8, 4) is 0 Å². The maximum absolute atomic E-state index is 3.00. The molecule has 2 aliphatic rings. The van der Waals surface area contributed by atoms with E-state index in [1.54, 1.807) is 21.3 Å². The molecule has 4 rings (SSSR count). The molecule has 0 saturated heterocycles. The Hall–Kier alpha value is -1.85. The van der Waals surface area contributed by atoms with Crippen LogP contribution in [0.5, 0.6) is 0 Å². The number of benzene rings is 2. The minimum atomic E-state index is -1.54. The van der Waals surface area contributed by atoms with Crippen LogP contribution in [-0.4, -0.2) is 27.6 Å². The van der Waals surface area contributed by atoms with E-state index in [0.717, 1.165) is 6.42 Å². The standard InChI is InChI=1S/C26H35NSi2/c1-29(2,3)26-21-13-20-25(26)27(22-14-7-4-8-15-22)28(23-16-9-5-10-17-23)24-18-11-6-12-19-24/h5-6,9-13,16-19,21-22,28H,4,7-8,14-15,20H2,1-3H3. The molecule has 2 aliphatic carbocycles. The van der Waals surface area contributed by atoms with Crippen LogP contribution in [0.25, 0.3) is 0 Å². The maximum atomic E-state index is 3.00. The molecule has 0 radical (unpaired) electrons. The zero-order valence-corrected chi connectivity index (χ0v) is 20.4. The Morgan fingerprint density at radius 1 is 0.793 bits per heavy atom. The summed E-state index contributed by atoms with van der Waals surface area (Å²) in [5.41, 5.74) is 1.67. The largest absolute Gasteiger partial charge is 0.393 e. The van der Waals surface area contributed by atoms with Crippen molar-refractivity contribution in [2.75, 3.05) is 0 Å². The third-order valence-corrected chi connectivity index (χ3v) is 11.9. The lowest BCUT2D eigenvalue weighted by molar-refractivity contribution is 0.292. The molecule has 1 fully saturated rings. The minimum absolute atomic E-state index is 0.696. The van der Waals surface area contributed by atoms with Crippen molar-refractivity contribution >= 4 is 27.4 Å². The molecule has 0 N–H and O–H groups in total. The monoisotopic (exact) mass is 417 g/mol. The van der Waals surface area contributed by atoms with E-state index in [1.165, 1.54) is 32.1 Å². The van der Waals surface area contributed by atoms with E-state index in [4.69, 9.17) is 0 Å². The van der Waals surface area contributed by atoms with Crippen molar-refractivity contribution in [1.29, 1.82) is 0 Å². The maximum Gasteiger partial charge on any atom is 0.204 e. The van der Waals surface area contributed by atoms with Gasteiger partial charge in [0.15, 0.2) is 0 Å². The predicted molar refractivity (Wildman–Crippen MR) is 132 cm³/mol. The second-order valence-electron chi connectivity index (χ2n) is 9.64. The molecular weight excluding hydrogens is 382 g/mol. The van der Waals surface area contributed by atoms with Crippen molar-refractivity contribution in [3.05, 3.63) is 83.7 Å². The number of hydrogen-bond acceptors (Lipinski definition) is 1. The minimum Gasteiger partial charge on any atom is -0.393 e. The molecule has 0 spiro atoms.